The first-order valence-corrected chi connectivity index (χ1v) is 12.6. The molecule has 3 aromatic carbocycles. The Morgan fingerprint density at radius 2 is 1.54 bits per heavy atom. The maximum atomic E-state index is 12.9. The van der Waals surface area contributed by atoms with Crippen LogP contribution in [0, 0.1) is 13.8 Å². The van der Waals surface area contributed by atoms with Crippen molar-refractivity contribution in [2.45, 2.75) is 38.5 Å². The number of hydrogen-bond acceptors (Lipinski definition) is 6. The van der Waals surface area contributed by atoms with E-state index in [0.717, 1.165) is 17.5 Å². The number of carbonyl (C=O) groups excluding carboxylic acids is 2. The number of amides is 2. The number of esters is 1. The minimum atomic E-state index is -4.25. The van der Waals surface area contributed by atoms with E-state index < -0.39 is 22.1 Å². The van der Waals surface area contributed by atoms with Gasteiger partial charge in [0.25, 0.3) is 0 Å². The molecule has 2 amide bonds. The molecule has 35 heavy (non-hydrogen) atoms. The standard InChI is InChI=1S/C26H28N2O6S/c1-4-5-15-33-25(29)23-14-11-21(28-26(30)27-20-8-6-7-19(3)16-20)17-24(23)34-35(31,32)22-12-9-18(2)10-13-22/h6-14,16-17H,4-5,15H2,1-3H3,(H2,27,28,30). The van der Waals surface area contributed by atoms with Crippen molar-refractivity contribution in [2.75, 3.05) is 17.2 Å². The lowest BCUT2D eigenvalue weighted by Gasteiger charge is -2.14. The number of rotatable bonds is 9. The van der Waals surface area contributed by atoms with Crippen LogP contribution >= 0.6 is 0 Å². The van der Waals surface area contributed by atoms with Crippen molar-refractivity contribution in [2.24, 2.45) is 0 Å². The van der Waals surface area contributed by atoms with E-state index in [2.05, 4.69) is 10.6 Å². The monoisotopic (exact) mass is 496 g/mol. The number of urea groups is 1. The van der Waals surface area contributed by atoms with Crippen LogP contribution in [0.3, 0.4) is 0 Å². The Balaban J connectivity index is 1.87. The van der Waals surface area contributed by atoms with Crippen molar-refractivity contribution >= 4 is 33.5 Å². The van der Waals surface area contributed by atoms with Crippen LogP contribution in [0.4, 0.5) is 16.2 Å². The number of aryl methyl sites for hydroxylation is 2. The third-order valence-corrected chi connectivity index (χ3v) is 6.22. The molecule has 0 spiro atoms. The molecule has 0 aromatic heterocycles. The molecule has 9 heteroatoms. The molecule has 8 nitrogen and oxygen atoms in total. The van der Waals surface area contributed by atoms with Crippen molar-refractivity contribution < 1.29 is 26.9 Å². The van der Waals surface area contributed by atoms with E-state index in [1.807, 2.05) is 32.9 Å². The smallest absolute Gasteiger partial charge is 0.341 e. The minimum Gasteiger partial charge on any atom is -0.462 e. The first-order valence-electron chi connectivity index (χ1n) is 11.1. The lowest BCUT2D eigenvalue weighted by Crippen LogP contribution is -2.20. The van der Waals surface area contributed by atoms with Crippen LogP contribution in [0.5, 0.6) is 5.75 Å². The molecule has 0 heterocycles. The van der Waals surface area contributed by atoms with Crippen LogP contribution in [-0.2, 0) is 14.9 Å². The Labute approximate surface area is 205 Å². The molecule has 0 radical (unpaired) electrons. The SMILES string of the molecule is CCCCOC(=O)c1ccc(NC(=O)Nc2cccc(C)c2)cc1OS(=O)(=O)c1ccc(C)cc1. The van der Waals surface area contributed by atoms with Gasteiger partial charge in [-0.2, -0.15) is 8.42 Å². The van der Waals surface area contributed by atoms with Gasteiger partial charge in [-0.15, -0.1) is 0 Å². The quantitative estimate of drug-likeness (QED) is 0.224. The van der Waals surface area contributed by atoms with Crippen molar-refractivity contribution in [3.63, 3.8) is 0 Å². The molecule has 3 aromatic rings. The topological polar surface area (TPSA) is 111 Å². The van der Waals surface area contributed by atoms with Gasteiger partial charge < -0.3 is 19.6 Å². The third-order valence-electron chi connectivity index (χ3n) is 4.98. The fraction of sp³-hybridized carbons (Fsp3) is 0.231. The summed E-state index contributed by atoms with van der Waals surface area (Å²) in [4.78, 5) is 25.0. The molecular formula is C26H28N2O6S. The largest absolute Gasteiger partial charge is 0.462 e. The number of nitrogens with one attached hydrogen (secondary N) is 2. The van der Waals surface area contributed by atoms with Gasteiger partial charge in [-0.1, -0.05) is 43.2 Å². The van der Waals surface area contributed by atoms with Crippen LogP contribution in [0.1, 0.15) is 41.3 Å². The Morgan fingerprint density at radius 1 is 0.857 bits per heavy atom. The van der Waals surface area contributed by atoms with Crippen LogP contribution in [0.25, 0.3) is 0 Å². The first kappa shape index (κ1) is 25.8. The zero-order chi connectivity index (χ0) is 25.4. The Hall–Kier alpha value is -3.85. The Kier molecular flexibility index (Phi) is 8.48. The van der Waals surface area contributed by atoms with Crippen LogP contribution in [0.2, 0.25) is 0 Å². The van der Waals surface area contributed by atoms with Crippen LogP contribution in [0.15, 0.2) is 71.6 Å². The summed E-state index contributed by atoms with van der Waals surface area (Å²) in [7, 11) is -4.25. The summed E-state index contributed by atoms with van der Waals surface area (Å²) in [6.07, 6.45) is 1.50. The van der Waals surface area contributed by atoms with E-state index >= 15 is 0 Å². The molecule has 0 fully saturated rings. The van der Waals surface area contributed by atoms with Gasteiger partial charge in [-0.3, -0.25) is 0 Å². The van der Waals surface area contributed by atoms with E-state index in [4.69, 9.17) is 8.92 Å². The Bertz CT molecular complexity index is 1300. The number of carbonyl (C=O) groups is 2. The van der Waals surface area contributed by atoms with E-state index in [1.54, 1.807) is 24.3 Å². The van der Waals surface area contributed by atoms with Gasteiger partial charge >= 0.3 is 22.1 Å². The first-order chi connectivity index (χ1) is 16.7. The number of unbranched alkanes of at least 4 members (excludes halogenated alkanes) is 1. The summed E-state index contributed by atoms with van der Waals surface area (Å²) in [5.41, 5.74) is 2.62. The summed E-state index contributed by atoms with van der Waals surface area (Å²) in [5, 5.41) is 5.33. The van der Waals surface area contributed by atoms with Gasteiger partial charge in [0.05, 0.1) is 6.61 Å². The third kappa shape index (κ3) is 7.31. The van der Waals surface area contributed by atoms with E-state index in [-0.39, 0.29) is 28.5 Å². The number of anilines is 2. The molecule has 0 aliphatic rings. The van der Waals surface area contributed by atoms with Gasteiger partial charge in [0, 0.05) is 17.4 Å². The summed E-state index contributed by atoms with van der Waals surface area (Å²) in [6, 6.07) is 16.9. The van der Waals surface area contributed by atoms with Crippen LogP contribution in [-0.4, -0.2) is 27.0 Å². The highest BCUT2D eigenvalue weighted by Crippen LogP contribution is 2.28. The minimum absolute atomic E-state index is 0.0658. The van der Waals surface area contributed by atoms with E-state index in [9.17, 15) is 18.0 Å². The van der Waals surface area contributed by atoms with E-state index in [1.165, 1.54) is 30.3 Å². The molecule has 2 N–H and O–H groups in total. The van der Waals surface area contributed by atoms with Gasteiger partial charge in [-0.25, -0.2) is 9.59 Å². The second-order valence-electron chi connectivity index (χ2n) is 8.00. The van der Waals surface area contributed by atoms with Crippen molar-refractivity contribution in [3.8, 4) is 5.75 Å². The second-order valence-corrected chi connectivity index (χ2v) is 9.55. The summed E-state index contributed by atoms with van der Waals surface area (Å²) >= 11 is 0. The van der Waals surface area contributed by atoms with Gasteiger partial charge in [0.2, 0.25) is 0 Å². The zero-order valence-corrected chi connectivity index (χ0v) is 20.6. The van der Waals surface area contributed by atoms with Gasteiger partial charge in [-0.05, 0) is 62.2 Å². The van der Waals surface area contributed by atoms with Gasteiger partial charge in [0.1, 0.15) is 10.5 Å². The molecule has 0 bridgehead atoms. The molecule has 0 unspecified atom stereocenters. The predicted molar refractivity (Wildman–Crippen MR) is 134 cm³/mol. The highest BCUT2D eigenvalue weighted by atomic mass is 32.2. The van der Waals surface area contributed by atoms with Crippen molar-refractivity contribution in [3.05, 3.63) is 83.4 Å². The average molecular weight is 497 g/mol. The molecule has 184 valence electrons. The molecule has 3 rings (SSSR count). The highest BCUT2D eigenvalue weighted by molar-refractivity contribution is 7.87. The van der Waals surface area contributed by atoms with Crippen molar-refractivity contribution in [1.82, 2.24) is 0 Å². The number of ether oxygens (including phenoxy) is 1. The lowest BCUT2D eigenvalue weighted by molar-refractivity contribution is 0.0498. The molecule has 0 atom stereocenters. The molecule has 0 aliphatic heterocycles. The number of benzene rings is 3. The highest BCUT2D eigenvalue weighted by Gasteiger charge is 2.23. The Morgan fingerprint density at radius 3 is 2.20 bits per heavy atom. The lowest BCUT2D eigenvalue weighted by atomic mass is 10.2. The second kappa shape index (κ2) is 11.5. The van der Waals surface area contributed by atoms with Gasteiger partial charge in [0.15, 0.2) is 5.75 Å². The summed E-state index contributed by atoms with van der Waals surface area (Å²) in [6.45, 7) is 5.88. The average Bonchev–Trinajstić information content (AvgIpc) is 2.79. The summed E-state index contributed by atoms with van der Waals surface area (Å²) in [5.74, 6) is -0.969. The zero-order valence-electron chi connectivity index (χ0n) is 19.8. The predicted octanol–water partition coefficient (Wildman–Crippen LogP) is 5.67. The number of hydrogen-bond donors (Lipinski definition) is 2. The molecule has 0 saturated carbocycles. The van der Waals surface area contributed by atoms with E-state index in [0.29, 0.717) is 12.1 Å². The normalized spacial score (nSPS) is 10.9. The molecule has 0 aliphatic carbocycles. The maximum Gasteiger partial charge on any atom is 0.341 e. The van der Waals surface area contributed by atoms with Crippen LogP contribution < -0.4 is 14.8 Å². The molecular weight excluding hydrogens is 468 g/mol. The maximum absolute atomic E-state index is 12.9. The summed E-state index contributed by atoms with van der Waals surface area (Å²) < 4.78 is 36.3. The van der Waals surface area contributed by atoms with Crippen molar-refractivity contribution in [1.29, 1.82) is 0 Å². The fourth-order valence-electron chi connectivity index (χ4n) is 3.11. The fourth-order valence-corrected chi connectivity index (χ4v) is 4.05. The molecule has 0 saturated heterocycles.